The fourth-order valence-electron chi connectivity index (χ4n) is 3.76. The van der Waals surface area contributed by atoms with Crippen molar-refractivity contribution in [2.24, 2.45) is 0 Å². The minimum atomic E-state index is -8.66. The van der Waals surface area contributed by atoms with Crippen molar-refractivity contribution in [1.29, 1.82) is 0 Å². The third-order valence-corrected chi connectivity index (χ3v) is 6.40. The van der Waals surface area contributed by atoms with Gasteiger partial charge in [-0.15, -0.1) is 0 Å². The van der Waals surface area contributed by atoms with Crippen LogP contribution in [0.3, 0.4) is 0 Å². The van der Waals surface area contributed by atoms with Gasteiger partial charge in [0.2, 0.25) is 0 Å². The summed E-state index contributed by atoms with van der Waals surface area (Å²) < 4.78 is 231. The van der Waals surface area contributed by atoms with Crippen LogP contribution < -0.4 is 4.90 Å². The Morgan fingerprint density at radius 3 is 1.40 bits per heavy atom. The molecule has 0 saturated carbocycles. The molecule has 3 aromatic rings. The predicted molar refractivity (Wildman–Crippen MR) is 118 cm³/mol. The lowest BCUT2D eigenvalue weighted by Crippen LogP contribution is -2.74. The minimum absolute atomic E-state index is 0.000291. The van der Waals surface area contributed by atoms with E-state index >= 15 is 0 Å². The normalized spacial score (nSPS) is 14.9. The second kappa shape index (κ2) is 9.80. The maximum Gasteiger partial charge on any atom is 0.460 e. The van der Waals surface area contributed by atoms with E-state index < -0.39 is 58.7 Å². The summed E-state index contributed by atoms with van der Waals surface area (Å²) in [4.78, 5) is 4.13. The molecular formula is C24H15F17N2. The fraction of sp³-hybridized carbons (Fsp3) is 0.417. The number of aromatic amines is 1. The van der Waals surface area contributed by atoms with Gasteiger partial charge in [-0.05, 0) is 29.8 Å². The highest BCUT2D eigenvalue weighted by Crippen LogP contribution is 2.65. The molecule has 1 N–H and O–H groups in total. The van der Waals surface area contributed by atoms with Crippen LogP contribution in [0.2, 0.25) is 0 Å². The van der Waals surface area contributed by atoms with Crippen molar-refractivity contribution >= 4 is 16.6 Å². The smallest absolute Gasteiger partial charge is 0.378 e. The van der Waals surface area contributed by atoms with E-state index in [1.165, 1.54) is 18.2 Å². The Kier molecular flexibility index (Phi) is 7.77. The molecule has 0 spiro atoms. The van der Waals surface area contributed by atoms with E-state index in [0.717, 1.165) is 0 Å². The number of H-pyrrole nitrogens is 1. The number of fused-ring (bicyclic) bond motifs is 1. The zero-order valence-electron chi connectivity index (χ0n) is 21.0. The molecule has 0 unspecified atom stereocenters. The molecule has 43 heavy (non-hydrogen) atoms. The summed E-state index contributed by atoms with van der Waals surface area (Å²) in [7, 11) is 3.39. The summed E-state index contributed by atoms with van der Waals surface area (Å²) in [6, 6.07) is 7.97. The van der Waals surface area contributed by atoms with Crippen molar-refractivity contribution in [3.8, 4) is 11.3 Å². The van der Waals surface area contributed by atoms with E-state index in [9.17, 15) is 74.6 Å². The molecule has 0 atom stereocenters. The number of nitrogens with one attached hydrogen (secondary N) is 1. The summed E-state index contributed by atoms with van der Waals surface area (Å²) in [5.41, 5.74) is -1.61. The number of rotatable bonds is 9. The van der Waals surface area contributed by atoms with Crippen LogP contribution in [0.4, 0.5) is 80.3 Å². The molecule has 0 aliphatic carbocycles. The Morgan fingerprint density at radius 2 is 0.953 bits per heavy atom. The first-order valence-electron chi connectivity index (χ1n) is 11.2. The summed E-state index contributed by atoms with van der Waals surface area (Å²) in [5, 5.41) is -0.0628. The molecule has 2 nitrogen and oxygen atoms in total. The molecule has 240 valence electrons. The zero-order chi connectivity index (χ0) is 33.4. The van der Waals surface area contributed by atoms with Gasteiger partial charge in [-0.2, -0.15) is 74.6 Å². The van der Waals surface area contributed by atoms with Crippen LogP contribution in [-0.4, -0.2) is 60.8 Å². The zero-order valence-corrected chi connectivity index (χ0v) is 21.0. The van der Waals surface area contributed by atoms with Crippen LogP contribution in [0, 0.1) is 0 Å². The molecule has 2 aromatic carbocycles. The van der Waals surface area contributed by atoms with Gasteiger partial charge in [-0.1, -0.05) is 24.3 Å². The van der Waals surface area contributed by atoms with E-state index in [1.54, 1.807) is 31.1 Å². The second-order valence-corrected chi connectivity index (χ2v) is 9.44. The van der Waals surface area contributed by atoms with Crippen molar-refractivity contribution < 1.29 is 74.6 Å². The molecule has 0 aliphatic rings. The van der Waals surface area contributed by atoms with E-state index in [4.69, 9.17) is 0 Å². The topological polar surface area (TPSA) is 19.0 Å². The number of hydrogen-bond acceptors (Lipinski definition) is 1. The molecule has 19 heteroatoms. The van der Waals surface area contributed by atoms with E-state index in [2.05, 4.69) is 4.98 Å². The van der Waals surface area contributed by atoms with Crippen LogP contribution in [0.5, 0.6) is 0 Å². The van der Waals surface area contributed by atoms with E-state index in [0.29, 0.717) is 17.3 Å². The third kappa shape index (κ3) is 4.72. The van der Waals surface area contributed by atoms with Gasteiger partial charge >= 0.3 is 47.6 Å². The Balaban J connectivity index is 2.07. The van der Waals surface area contributed by atoms with Crippen LogP contribution in [0.15, 0.2) is 48.5 Å². The maximum absolute atomic E-state index is 14.7. The Bertz CT molecular complexity index is 1470. The average Bonchev–Trinajstić information content (AvgIpc) is 3.31. The summed E-state index contributed by atoms with van der Waals surface area (Å²) in [5.74, 6) is -56.8. The Hall–Kier alpha value is -3.41. The van der Waals surface area contributed by atoms with Crippen LogP contribution in [-0.2, 0) is 5.92 Å². The standard InChI is InChI=1S/C24H15F17N2/c1-43(2)14-7-4-11(5-8-14)15-9-12-3-6-13(10-16(12)42-15)17(25,26)18(27,28)19(29,30)20(31,32)21(33,34)22(35,36)23(37,38)24(39,40)41/h3-10,42H,1-2H3. The average molecular weight is 654 g/mol. The fourth-order valence-corrected chi connectivity index (χ4v) is 3.76. The van der Waals surface area contributed by atoms with Crippen molar-refractivity contribution in [3.63, 3.8) is 0 Å². The molecule has 3 rings (SSSR count). The first-order valence-corrected chi connectivity index (χ1v) is 11.2. The van der Waals surface area contributed by atoms with Gasteiger partial charge in [0.25, 0.3) is 0 Å². The SMILES string of the molecule is CN(C)c1ccc(-c2cc3ccc(C(F)(F)C(F)(F)C(F)(F)C(F)(F)C(F)(F)C(F)(F)C(F)(F)C(F)(F)F)cc3[nH]2)cc1. The van der Waals surface area contributed by atoms with Gasteiger partial charge in [0.05, 0.1) is 0 Å². The van der Waals surface area contributed by atoms with Gasteiger partial charge in [0.15, 0.2) is 0 Å². The summed E-state index contributed by atoms with van der Waals surface area (Å²) in [6.45, 7) is 0. The van der Waals surface area contributed by atoms with Crippen LogP contribution >= 0.6 is 0 Å². The lowest BCUT2D eigenvalue weighted by Gasteiger charge is -2.42. The maximum atomic E-state index is 14.7. The number of anilines is 1. The van der Waals surface area contributed by atoms with E-state index in [-0.39, 0.29) is 23.2 Å². The highest BCUT2D eigenvalue weighted by atomic mass is 19.4. The summed E-state index contributed by atoms with van der Waals surface area (Å²) in [6.07, 6.45) is -7.80. The highest BCUT2D eigenvalue weighted by Gasteiger charge is 2.95. The van der Waals surface area contributed by atoms with Crippen LogP contribution in [0.1, 0.15) is 5.56 Å². The predicted octanol–water partition coefficient (Wildman–Crippen LogP) is 9.37. The van der Waals surface area contributed by atoms with Gasteiger partial charge in [0, 0.05) is 41.9 Å². The molecule has 0 aliphatic heterocycles. The first kappa shape index (κ1) is 34.1. The molecule has 0 bridgehead atoms. The molecule has 0 radical (unpaired) electrons. The third-order valence-electron chi connectivity index (χ3n) is 6.40. The second-order valence-electron chi connectivity index (χ2n) is 9.44. The van der Waals surface area contributed by atoms with Crippen LogP contribution in [0.25, 0.3) is 22.2 Å². The van der Waals surface area contributed by atoms with Gasteiger partial charge < -0.3 is 9.88 Å². The van der Waals surface area contributed by atoms with E-state index in [1.807, 2.05) is 0 Å². The van der Waals surface area contributed by atoms with Crippen molar-refractivity contribution in [2.45, 2.75) is 47.6 Å². The molecule has 0 amide bonds. The Labute approximate surface area is 229 Å². The van der Waals surface area contributed by atoms with Crippen molar-refractivity contribution in [1.82, 2.24) is 4.98 Å². The van der Waals surface area contributed by atoms with Gasteiger partial charge in [-0.25, -0.2) is 0 Å². The molecular weight excluding hydrogens is 639 g/mol. The number of halogens is 17. The first-order chi connectivity index (χ1) is 19.1. The number of benzene rings is 2. The molecule has 0 saturated heterocycles. The molecule has 1 heterocycles. The number of alkyl halides is 17. The number of hydrogen-bond donors (Lipinski definition) is 1. The molecule has 0 fully saturated rings. The number of aromatic nitrogens is 1. The number of nitrogens with zero attached hydrogens (tertiary/aromatic N) is 1. The lowest BCUT2D eigenvalue weighted by molar-refractivity contribution is -0.462. The Morgan fingerprint density at radius 1 is 0.512 bits per heavy atom. The van der Waals surface area contributed by atoms with Crippen molar-refractivity contribution in [2.75, 3.05) is 19.0 Å². The highest BCUT2D eigenvalue weighted by molar-refractivity contribution is 5.86. The van der Waals surface area contributed by atoms with Gasteiger partial charge in [-0.3, -0.25) is 0 Å². The summed E-state index contributed by atoms with van der Waals surface area (Å²) >= 11 is 0. The van der Waals surface area contributed by atoms with Crippen molar-refractivity contribution in [3.05, 3.63) is 54.1 Å². The quantitative estimate of drug-likeness (QED) is 0.228. The minimum Gasteiger partial charge on any atom is -0.378 e. The largest absolute Gasteiger partial charge is 0.460 e. The van der Waals surface area contributed by atoms with Gasteiger partial charge in [0.1, 0.15) is 0 Å². The lowest BCUT2D eigenvalue weighted by atomic mass is 9.87. The molecule has 1 aromatic heterocycles. The monoisotopic (exact) mass is 654 g/mol.